The molecule has 1 aliphatic heterocycles. The molecule has 128 valence electrons. The normalized spacial score (nSPS) is 17.3. The predicted octanol–water partition coefficient (Wildman–Crippen LogP) is 0.442. The van der Waals surface area contributed by atoms with Gasteiger partial charge in [0.1, 0.15) is 0 Å². The standard InChI is InChI=1S/C16H25N3O3S/c17-9-13-18(11-7-15-5-2-1-3-6-15)16(20)8-12-19-10-4-14-23(19,21)22/h1-3,5-6H,4,7-14,17H2. The third-order valence-corrected chi connectivity index (χ3v) is 6.00. The van der Waals surface area contributed by atoms with Crippen LogP contribution in [-0.4, -0.2) is 62.0 Å². The van der Waals surface area contributed by atoms with E-state index in [4.69, 9.17) is 5.73 Å². The molecule has 2 rings (SSSR count). The summed E-state index contributed by atoms with van der Waals surface area (Å²) in [5.41, 5.74) is 6.77. The first-order valence-corrected chi connectivity index (χ1v) is 9.63. The Morgan fingerprint density at radius 1 is 1.22 bits per heavy atom. The highest BCUT2D eigenvalue weighted by atomic mass is 32.2. The van der Waals surface area contributed by atoms with Crippen molar-refractivity contribution in [1.82, 2.24) is 9.21 Å². The minimum atomic E-state index is -3.14. The van der Waals surface area contributed by atoms with Gasteiger partial charge in [0.05, 0.1) is 5.75 Å². The maximum Gasteiger partial charge on any atom is 0.223 e. The van der Waals surface area contributed by atoms with E-state index in [-0.39, 0.29) is 24.6 Å². The average Bonchev–Trinajstić information content (AvgIpc) is 2.88. The lowest BCUT2D eigenvalue weighted by Gasteiger charge is -2.23. The van der Waals surface area contributed by atoms with Crippen molar-refractivity contribution in [2.45, 2.75) is 19.3 Å². The number of nitrogens with two attached hydrogens (primary N) is 1. The molecule has 1 aromatic carbocycles. The number of hydrogen-bond donors (Lipinski definition) is 1. The predicted molar refractivity (Wildman–Crippen MR) is 90.4 cm³/mol. The van der Waals surface area contributed by atoms with Crippen molar-refractivity contribution in [3.05, 3.63) is 35.9 Å². The van der Waals surface area contributed by atoms with Crippen molar-refractivity contribution in [1.29, 1.82) is 0 Å². The summed E-state index contributed by atoms with van der Waals surface area (Å²) in [6.07, 6.45) is 1.64. The molecule has 6 nitrogen and oxygen atoms in total. The second-order valence-corrected chi connectivity index (χ2v) is 7.81. The number of amides is 1. The number of rotatable bonds is 8. The summed E-state index contributed by atoms with van der Waals surface area (Å²) in [4.78, 5) is 14.1. The molecule has 0 atom stereocenters. The zero-order valence-corrected chi connectivity index (χ0v) is 14.2. The van der Waals surface area contributed by atoms with E-state index >= 15 is 0 Å². The largest absolute Gasteiger partial charge is 0.341 e. The Hall–Kier alpha value is -1.44. The Labute approximate surface area is 138 Å². The van der Waals surface area contributed by atoms with E-state index in [1.54, 1.807) is 4.90 Å². The Morgan fingerprint density at radius 3 is 2.57 bits per heavy atom. The molecule has 1 aromatic rings. The van der Waals surface area contributed by atoms with Crippen LogP contribution in [0.5, 0.6) is 0 Å². The van der Waals surface area contributed by atoms with Gasteiger partial charge in [0.25, 0.3) is 0 Å². The lowest BCUT2D eigenvalue weighted by molar-refractivity contribution is -0.131. The summed E-state index contributed by atoms with van der Waals surface area (Å²) < 4.78 is 24.9. The highest BCUT2D eigenvalue weighted by Gasteiger charge is 2.28. The van der Waals surface area contributed by atoms with E-state index in [1.165, 1.54) is 9.87 Å². The van der Waals surface area contributed by atoms with Crippen LogP contribution in [0.1, 0.15) is 18.4 Å². The molecule has 0 bridgehead atoms. The van der Waals surface area contributed by atoms with Crippen LogP contribution in [-0.2, 0) is 21.2 Å². The van der Waals surface area contributed by atoms with Crippen molar-refractivity contribution in [2.24, 2.45) is 5.73 Å². The summed E-state index contributed by atoms with van der Waals surface area (Å²) in [6.45, 7) is 2.30. The van der Waals surface area contributed by atoms with Gasteiger partial charge in [-0.15, -0.1) is 0 Å². The molecule has 2 N–H and O–H groups in total. The molecule has 0 saturated carbocycles. The van der Waals surface area contributed by atoms with Gasteiger partial charge in [-0.3, -0.25) is 4.79 Å². The van der Waals surface area contributed by atoms with E-state index in [9.17, 15) is 13.2 Å². The second-order valence-electron chi connectivity index (χ2n) is 5.72. The van der Waals surface area contributed by atoms with Gasteiger partial charge < -0.3 is 10.6 Å². The molecule has 1 fully saturated rings. The van der Waals surface area contributed by atoms with Gasteiger partial charge in [-0.25, -0.2) is 12.7 Å². The second kappa shape index (κ2) is 8.42. The Kier molecular flexibility index (Phi) is 6.56. The quantitative estimate of drug-likeness (QED) is 0.745. The van der Waals surface area contributed by atoms with Crippen LogP contribution in [0.2, 0.25) is 0 Å². The average molecular weight is 339 g/mol. The number of hydrogen-bond acceptors (Lipinski definition) is 4. The lowest BCUT2D eigenvalue weighted by atomic mass is 10.1. The van der Waals surface area contributed by atoms with Crippen LogP contribution < -0.4 is 5.73 Å². The fourth-order valence-electron chi connectivity index (χ4n) is 2.75. The molecular weight excluding hydrogens is 314 g/mol. The van der Waals surface area contributed by atoms with Crippen molar-refractivity contribution in [3.63, 3.8) is 0 Å². The van der Waals surface area contributed by atoms with Gasteiger partial charge in [-0.05, 0) is 18.4 Å². The van der Waals surface area contributed by atoms with Gasteiger partial charge in [0.2, 0.25) is 15.9 Å². The summed E-state index contributed by atoms with van der Waals surface area (Å²) in [5, 5.41) is 0. The lowest BCUT2D eigenvalue weighted by Crippen LogP contribution is -2.39. The molecule has 1 heterocycles. The molecule has 0 aliphatic carbocycles. The molecule has 0 unspecified atom stereocenters. The zero-order chi connectivity index (χ0) is 16.7. The fourth-order valence-corrected chi connectivity index (χ4v) is 4.28. The van der Waals surface area contributed by atoms with Gasteiger partial charge in [-0.2, -0.15) is 0 Å². The molecule has 7 heteroatoms. The van der Waals surface area contributed by atoms with E-state index in [0.29, 0.717) is 32.6 Å². The molecule has 0 spiro atoms. The molecule has 0 radical (unpaired) electrons. The highest BCUT2D eigenvalue weighted by Crippen LogP contribution is 2.14. The van der Waals surface area contributed by atoms with Gasteiger partial charge >= 0.3 is 0 Å². The molecule has 0 aromatic heterocycles. The SMILES string of the molecule is NCCN(CCc1ccccc1)C(=O)CCN1CCCS1(=O)=O. The van der Waals surface area contributed by atoms with E-state index in [1.807, 2.05) is 30.3 Å². The van der Waals surface area contributed by atoms with Gasteiger partial charge in [0, 0.05) is 39.1 Å². The van der Waals surface area contributed by atoms with Crippen LogP contribution in [0.3, 0.4) is 0 Å². The zero-order valence-electron chi connectivity index (χ0n) is 13.4. The maximum absolute atomic E-state index is 12.4. The van der Waals surface area contributed by atoms with Crippen LogP contribution in [0.25, 0.3) is 0 Å². The number of nitrogens with zero attached hydrogens (tertiary/aromatic N) is 2. The van der Waals surface area contributed by atoms with Crippen molar-refractivity contribution < 1.29 is 13.2 Å². The molecule has 1 aliphatic rings. The van der Waals surface area contributed by atoms with Gasteiger partial charge in [-0.1, -0.05) is 30.3 Å². The third-order valence-electron chi connectivity index (χ3n) is 4.04. The summed E-state index contributed by atoms with van der Waals surface area (Å²) in [5.74, 6) is 0.162. The van der Waals surface area contributed by atoms with Crippen molar-refractivity contribution >= 4 is 15.9 Å². The Morgan fingerprint density at radius 2 is 1.96 bits per heavy atom. The first-order valence-electron chi connectivity index (χ1n) is 8.02. The Balaban J connectivity index is 1.85. The monoisotopic (exact) mass is 339 g/mol. The summed E-state index contributed by atoms with van der Waals surface area (Å²) in [6, 6.07) is 9.97. The van der Waals surface area contributed by atoms with Crippen LogP contribution in [0.4, 0.5) is 0 Å². The maximum atomic E-state index is 12.4. The fraction of sp³-hybridized carbons (Fsp3) is 0.562. The third kappa shape index (κ3) is 5.30. The van der Waals surface area contributed by atoms with Crippen molar-refractivity contribution in [2.75, 3.05) is 38.5 Å². The summed E-state index contributed by atoms with van der Waals surface area (Å²) >= 11 is 0. The molecule has 1 saturated heterocycles. The first kappa shape index (κ1) is 17.9. The van der Waals surface area contributed by atoms with Crippen LogP contribution >= 0.6 is 0 Å². The number of benzene rings is 1. The summed E-state index contributed by atoms with van der Waals surface area (Å²) in [7, 11) is -3.14. The van der Waals surface area contributed by atoms with Crippen molar-refractivity contribution in [3.8, 4) is 0 Å². The minimum absolute atomic E-state index is 0.0338. The van der Waals surface area contributed by atoms with E-state index in [0.717, 1.165) is 6.42 Å². The highest BCUT2D eigenvalue weighted by molar-refractivity contribution is 7.89. The first-order chi connectivity index (χ1) is 11.0. The Bertz CT molecular complexity index is 604. The molecule has 1 amide bonds. The van der Waals surface area contributed by atoms with Crippen LogP contribution in [0, 0.1) is 0 Å². The van der Waals surface area contributed by atoms with Gasteiger partial charge in [0.15, 0.2) is 0 Å². The molecule has 23 heavy (non-hydrogen) atoms. The number of carbonyl (C=O) groups is 1. The molecular formula is C16H25N3O3S. The van der Waals surface area contributed by atoms with E-state index in [2.05, 4.69) is 0 Å². The number of carbonyl (C=O) groups excluding carboxylic acids is 1. The topological polar surface area (TPSA) is 83.7 Å². The van der Waals surface area contributed by atoms with E-state index < -0.39 is 10.0 Å². The van der Waals surface area contributed by atoms with Crippen LogP contribution in [0.15, 0.2) is 30.3 Å². The minimum Gasteiger partial charge on any atom is -0.341 e. The number of sulfonamides is 1. The smallest absolute Gasteiger partial charge is 0.223 e.